The number of aromatic nitrogens is 2. The van der Waals surface area contributed by atoms with Gasteiger partial charge in [-0.15, -0.1) is 0 Å². The Kier molecular flexibility index (Phi) is 6.60. The van der Waals surface area contributed by atoms with Crippen molar-refractivity contribution in [2.24, 2.45) is 0 Å². The molecule has 0 aliphatic carbocycles. The summed E-state index contributed by atoms with van der Waals surface area (Å²) < 4.78 is 2.09. The quantitative estimate of drug-likeness (QED) is 0.506. The molecule has 1 N–H and O–H groups in total. The van der Waals surface area contributed by atoms with E-state index in [2.05, 4.69) is 49.9 Å². The van der Waals surface area contributed by atoms with E-state index in [4.69, 9.17) is 0 Å². The van der Waals surface area contributed by atoms with E-state index in [9.17, 15) is 4.79 Å². The van der Waals surface area contributed by atoms with Crippen molar-refractivity contribution < 1.29 is 4.79 Å². The summed E-state index contributed by atoms with van der Waals surface area (Å²) in [5.74, 6) is 0.0176. The largest absolute Gasteiger partial charge is 0.352 e. The van der Waals surface area contributed by atoms with Crippen molar-refractivity contribution in [2.75, 3.05) is 19.6 Å². The molecule has 1 saturated heterocycles. The molecule has 0 radical (unpaired) electrons. The first-order valence-corrected chi connectivity index (χ1v) is 12.5. The van der Waals surface area contributed by atoms with E-state index in [1.54, 1.807) is 0 Å². The Hall–Kier alpha value is -2.57. The van der Waals surface area contributed by atoms with Gasteiger partial charge in [-0.3, -0.25) is 9.20 Å². The fourth-order valence-electron chi connectivity index (χ4n) is 4.82. The fraction of sp³-hybridized carbons (Fsp3) is 0.385. The Labute approximate surface area is 193 Å². The van der Waals surface area contributed by atoms with E-state index >= 15 is 0 Å². The van der Waals surface area contributed by atoms with Crippen LogP contribution in [0.25, 0.3) is 11.7 Å². The van der Waals surface area contributed by atoms with Crippen LogP contribution in [0.15, 0.2) is 64.7 Å². The molecule has 1 atom stereocenters. The molecule has 5 nitrogen and oxygen atoms in total. The summed E-state index contributed by atoms with van der Waals surface area (Å²) in [6, 6.07) is 17.4. The van der Waals surface area contributed by atoms with Gasteiger partial charge in [0, 0.05) is 19.1 Å². The number of nitrogens with one attached hydrogen (secondary N) is 1. The van der Waals surface area contributed by atoms with Crippen LogP contribution in [0.3, 0.4) is 0 Å². The first kappa shape index (κ1) is 21.3. The number of rotatable bonds is 8. The lowest BCUT2D eigenvalue weighted by Crippen LogP contribution is -2.41. The molecule has 1 unspecified atom stereocenters. The summed E-state index contributed by atoms with van der Waals surface area (Å²) in [4.78, 5) is 20.6. The second-order valence-electron chi connectivity index (χ2n) is 8.67. The van der Waals surface area contributed by atoms with Gasteiger partial charge in [-0.25, -0.2) is 4.98 Å². The molecule has 1 aromatic carbocycles. The number of amides is 1. The van der Waals surface area contributed by atoms with Crippen molar-refractivity contribution >= 4 is 29.4 Å². The van der Waals surface area contributed by atoms with Gasteiger partial charge in [0.05, 0.1) is 21.8 Å². The molecule has 2 aromatic heterocycles. The average Bonchev–Trinajstić information content (AvgIpc) is 3.26. The summed E-state index contributed by atoms with van der Waals surface area (Å²) >= 11 is 1.52. The van der Waals surface area contributed by atoms with Crippen LogP contribution in [0.4, 0.5) is 0 Å². The van der Waals surface area contributed by atoms with Gasteiger partial charge in [-0.2, -0.15) is 0 Å². The zero-order chi connectivity index (χ0) is 21.8. The zero-order valence-corrected chi connectivity index (χ0v) is 19.2. The van der Waals surface area contributed by atoms with Gasteiger partial charge in [-0.1, -0.05) is 54.6 Å². The molecule has 4 heterocycles. The van der Waals surface area contributed by atoms with Gasteiger partial charge in [0.2, 0.25) is 0 Å². The van der Waals surface area contributed by atoms with Gasteiger partial charge in [0.15, 0.2) is 0 Å². The number of hydrogen-bond acceptors (Lipinski definition) is 4. The Morgan fingerprint density at radius 1 is 1.12 bits per heavy atom. The van der Waals surface area contributed by atoms with Crippen LogP contribution in [-0.2, 0) is 11.2 Å². The Morgan fingerprint density at radius 2 is 2.03 bits per heavy atom. The van der Waals surface area contributed by atoms with E-state index < -0.39 is 0 Å². The number of nitrogens with zero attached hydrogens (tertiary/aromatic N) is 3. The molecule has 1 amide bonds. The summed E-state index contributed by atoms with van der Waals surface area (Å²) in [5, 5.41) is 4.18. The highest BCUT2D eigenvalue weighted by atomic mass is 32.2. The minimum Gasteiger partial charge on any atom is -0.352 e. The van der Waals surface area contributed by atoms with Crippen molar-refractivity contribution in [2.45, 2.75) is 49.6 Å². The molecule has 6 heteroatoms. The number of likely N-dealkylation sites (tertiary alicyclic amines) is 1. The lowest BCUT2D eigenvalue weighted by atomic mass is 9.97. The van der Waals surface area contributed by atoms with Crippen LogP contribution in [0.2, 0.25) is 0 Å². The van der Waals surface area contributed by atoms with Crippen LogP contribution >= 0.6 is 11.8 Å². The maximum absolute atomic E-state index is 12.8. The summed E-state index contributed by atoms with van der Waals surface area (Å²) in [7, 11) is 0. The maximum atomic E-state index is 12.8. The maximum Gasteiger partial charge on any atom is 0.258 e. The predicted molar refractivity (Wildman–Crippen MR) is 131 cm³/mol. The number of carbonyl (C=O) groups is 1. The Balaban J connectivity index is 1.10. The molecule has 3 aromatic rings. The predicted octanol–water partition coefficient (Wildman–Crippen LogP) is 4.77. The third-order valence-electron chi connectivity index (χ3n) is 6.52. The molecule has 0 spiro atoms. The molecule has 32 heavy (non-hydrogen) atoms. The highest BCUT2D eigenvalue weighted by Gasteiger charge is 2.22. The average molecular weight is 447 g/mol. The van der Waals surface area contributed by atoms with Crippen molar-refractivity contribution in [3.63, 3.8) is 0 Å². The number of piperidine rings is 1. The lowest BCUT2D eigenvalue weighted by molar-refractivity contribution is -0.116. The van der Waals surface area contributed by atoms with Crippen molar-refractivity contribution in [1.82, 2.24) is 19.6 Å². The number of imidazole rings is 1. The van der Waals surface area contributed by atoms with Gasteiger partial charge in [-0.05, 0) is 62.4 Å². The second kappa shape index (κ2) is 9.92. The van der Waals surface area contributed by atoms with E-state index in [-0.39, 0.29) is 5.91 Å². The standard InChI is InChI=1S/C26H30N4OS/c31-26(23-18-22-19-28-24-12-6-13-25(32-23)30(22)24)27-15-7-11-21-10-4-5-16-29(21)17-14-20-8-2-1-3-9-20/h1-3,6,8-9,12-13,18-19,21H,4-5,7,10-11,14-17H2,(H,27,31). The van der Waals surface area contributed by atoms with Gasteiger partial charge in [0.1, 0.15) is 5.65 Å². The molecule has 0 bridgehead atoms. The van der Waals surface area contributed by atoms with Gasteiger partial charge < -0.3 is 10.2 Å². The summed E-state index contributed by atoms with van der Waals surface area (Å²) in [6.07, 6.45) is 11.0. The fourth-order valence-corrected chi connectivity index (χ4v) is 5.83. The molecule has 5 rings (SSSR count). The Bertz CT molecular complexity index is 1110. The number of carbonyl (C=O) groups excluding carboxylic acids is 1. The van der Waals surface area contributed by atoms with Crippen LogP contribution in [0, 0.1) is 0 Å². The van der Waals surface area contributed by atoms with Crippen LogP contribution in [0.1, 0.15) is 43.4 Å². The normalized spacial score (nSPS) is 18.5. The first-order chi connectivity index (χ1) is 15.8. The topological polar surface area (TPSA) is 49.6 Å². The second-order valence-corrected chi connectivity index (χ2v) is 9.73. The molecule has 2 aliphatic heterocycles. The SMILES string of the molecule is O=C(NCCCC1CCCCN1CCc1ccccc1)C1=Cc2cnc3cccc(n23)S1. The lowest BCUT2D eigenvalue weighted by Gasteiger charge is -2.36. The minimum absolute atomic E-state index is 0.0176. The van der Waals surface area contributed by atoms with E-state index in [1.807, 2.05) is 30.5 Å². The third-order valence-corrected chi connectivity index (χ3v) is 7.57. The molecule has 1 fully saturated rings. The number of thioether (sulfide) groups is 1. The van der Waals surface area contributed by atoms with Crippen molar-refractivity contribution in [3.8, 4) is 0 Å². The molecular formula is C26H30N4OS. The van der Waals surface area contributed by atoms with Gasteiger partial charge >= 0.3 is 0 Å². The first-order valence-electron chi connectivity index (χ1n) is 11.7. The monoisotopic (exact) mass is 446 g/mol. The van der Waals surface area contributed by atoms with Crippen molar-refractivity contribution in [3.05, 3.63) is 70.9 Å². The van der Waals surface area contributed by atoms with Crippen molar-refractivity contribution in [1.29, 1.82) is 0 Å². The molecular weight excluding hydrogens is 416 g/mol. The van der Waals surface area contributed by atoms with Gasteiger partial charge in [0.25, 0.3) is 5.91 Å². The highest BCUT2D eigenvalue weighted by Crippen LogP contribution is 2.34. The van der Waals surface area contributed by atoms with E-state index in [0.29, 0.717) is 6.04 Å². The number of hydrogen-bond donors (Lipinski definition) is 1. The highest BCUT2D eigenvalue weighted by molar-refractivity contribution is 8.04. The molecule has 0 saturated carbocycles. The zero-order valence-electron chi connectivity index (χ0n) is 18.4. The van der Waals surface area contributed by atoms with Crippen LogP contribution in [0.5, 0.6) is 0 Å². The number of benzene rings is 1. The smallest absolute Gasteiger partial charge is 0.258 e. The summed E-state index contributed by atoms with van der Waals surface area (Å²) in [6.45, 7) is 3.06. The molecule has 2 aliphatic rings. The van der Waals surface area contributed by atoms with E-state index in [1.165, 1.54) is 43.1 Å². The van der Waals surface area contributed by atoms with Crippen LogP contribution < -0.4 is 5.32 Å². The minimum atomic E-state index is 0.0176. The number of pyridine rings is 1. The van der Waals surface area contributed by atoms with E-state index in [0.717, 1.165) is 53.6 Å². The Morgan fingerprint density at radius 3 is 2.94 bits per heavy atom. The van der Waals surface area contributed by atoms with Crippen LogP contribution in [-0.4, -0.2) is 45.9 Å². The molecule has 166 valence electrons. The third kappa shape index (κ3) is 4.76. The summed E-state index contributed by atoms with van der Waals surface area (Å²) in [5.41, 5.74) is 3.31.